The molecule has 1 aliphatic heterocycles. The number of carbonyl (C=O) groups excluding carboxylic acids is 1. The number of methoxy groups -OCH3 is 1. The van der Waals surface area contributed by atoms with Crippen LogP contribution in [0.1, 0.15) is 23.2 Å². The fourth-order valence-electron chi connectivity index (χ4n) is 2.71. The molecule has 6 heteroatoms. The Balaban J connectivity index is 2.05. The first-order chi connectivity index (χ1) is 10.1. The molecule has 0 unspecified atom stereocenters. The van der Waals surface area contributed by atoms with E-state index in [0.717, 1.165) is 38.1 Å². The van der Waals surface area contributed by atoms with Crippen LogP contribution in [0.4, 0.5) is 8.78 Å². The fraction of sp³-hybridized carbons (Fsp3) is 0.533. The summed E-state index contributed by atoms with van der Waals surface area (Å²) in [5.74, 6) is -2.42. The predicted molar refractivity (Wildman–Crippen MR) is 75.1 cm³/mol. The third-order valence-corrected chi connectivity index (χ3v) is 3.93. The Morgan fingerprint density at radius 1 is 1.33 bits per heavy atom. The van der Waals surface area contributed by atoms with Gasteiger partial charge in [-0.3, -0.25) is 4.79 Å². The largest absolute Gasteiger partial charge is 0.384 e. The Kier molecular flexibility index (Phi) is 5.25. The van der Waals surface area contributed by atoms with Gasteiger partial charge in [-0.1, -0.05) is 6.07 Å². The Morgan fingerprint density at radius 3 is 2.52 bits per heavy atom. The highest BCUT2D eigenvalue weighted by Crippen LogP contribution is 2.28. The number of hydrogen-bond acceptors (Lipinski definition) is 3. The Bertz CT molecular complexity index is 477. The molecule has 2 rings (SSSR count). The van der Waals surface area contributed by atoms with Crippen LogP contribution in [-0.4, -0.2) is 39.3 Å². The van der Waals surface area contributed by atoms with Crippen molar-refractivity contribution in [1.82, 2.24) is 10.6 Å². The second kappa shape index (κ2) is 6.95. The zero-order valence-corrected chi connectivity index (χ0v) is 12.0. The molecule has 4 nitrogen and oxygen atoms in total. The molecule has 0 aliphatic carbocycles. The van der Waals surface area contributed by atoms with Gasteiger partial charge in [0.1, 0.15) is 17.2 Å². The van der Waals surface area contributed by atoms with Gasteiger partial charge in [0.25, 0.3) is 5.91 Å². The van der Waals surface area contributed by atoms with Gasteiger partial charge < -0.3 is 15.4 Å². The van der Waals surface area contributed by atoms with Crippen molar-refractivity contribution in [2.45, 2.75) is 12.8 Å². The van der Waals surface area contributed by atoms with Crippen LogP contribution in [0.15, 0.2) is 18.2 Å². The summed E-state index contributed by atoms with van der Waals surface area (Å²) in [7, 11) is 1.61. The standard InChI is InChI=1S/C15H20F2N2O2/c1-21-10-15(5-7-18-8-6-15)9-19-14(20)13-11(16)3-2-4-12(13)17/h2-4,18H,5-10H2,1H3,(H,19,20). The summed E-state index contributed by atoms with van der Waals surface area (Å²) in [5, 5.41) is 5.90. The SMILES string of the molecule is COCC1(CNC(=O)c2c(F)cccc2F)CCNCC1. The van der Waals surface area contributed by atoms with Crippen LogP contribution in [0.25, 0.3) is 0 Å². The molecule has 1 amide bonds. The fourth-order valence-corrected chi connectivity index (χ4v) is 2.71. The van der Waals surface area contributed by atoms with Gasteiger partial charge in [0.15, 0.2) is 0 Å². The van der Waals surface area contributed by atoms with Gasteiger partial charge in [0, 0.05) is 19.1 Å². The molecule has 1 aromatic carbocycles. The summed E-state index contributed by atoms with van der Waals surface area (Å²) >= 11 is 0. The van der Waals surface area contributed by atoms with E-state index in [-0.39, 0.29) is 5.41 Å². The van der Waals surface area contributed by atoms with Gasteiger partial charge in [-0.25, -0.2) is 8.78 Å². The number of carbonyl (C=O) groups is 1. The van der Waals surface area contributed by atoms with E-state index in [4.69, 9.17) is 4.74 Å². The topological polar surface area (TPSA) is 50.4 Å². The maximum atomic E-state index is 13.6. The number of hydrogen-bond donors (Lipinski definition) is 2. The normalized spacial score (nSPS) is 17.5. The first kappa shape index (κ1) is 15.9. The lowest BCUT2D eigenvalue weighted by atomic mass is 9.79. The van der Waals surface area contributed by atoms with E-state index in [2.05, 4.69) is 10.6 Å². The number of rotatable bonds is 5. The average molecular weight is 298 g/mol. The Hall–Kier alpha value is -1.53. The van der Waals surface area contributed by atoms with Crippen LogP contribution in [0.2, 0.25) is 0 Å². The summed E-state index contributed by atoms with van der Waals surface area (Å²) in [4.78, 5) is 12.0. The molecule has 0 bridgehead atoms. The monoisotopic (exact) mass is 298 g/mol. The lowest BCUT2D eigenvalue weighted by Gasteiger charge is -2.37. The molecule has 21 heavy (non-hydrogen) atoms. The van der Waals surface area contributed by atoms with E-state index in [1.54, 1.807) is 7.11 Å². The minimum absolute atomic E-state index is 0.183. The first-order valence-electron chi connectivity index (χ1n) is 7.00. The molecular formula is C15H20F2N2O2. The lowest BCUT2D eigenvalue weighted by molar-refractivity contribution is 0.0510. The smallest absolute Gasteiger partial charge is 0.257 e. The number of nitrogens with one attached hydrogen (secondary N) is 2. The van der Waals surface area contributed by atoms with Crippen molar-refractivity contribution in [3.05, 3.63) is 35.4 Å². The molecule has 1 fully saturated rings. The second-order valence-corrected chi connectivity index (χ2v) is 5.46. The molecule has 0 saturated carbocycles. The van der Waals surface area contributed by atoms with Gasteiger partial charge in [0.05, 0.1) is 6.61 Å². The van der Waals surface area contributed by atoms with Crippen molar-refractivity contribution in [2.24, 2.45) is 5.41 Å². The summed E-state index contributed by atoms with van der Waals surface area (Å²) in [6.07, 6.45) is 1.70. The molecule has 0 radical (unpaired) electrons. The molecular weight excluding hydrogens is 278 g/mol. The Labute approximate surface area is 122 Å². The summed E-state index contributed by atoms with van der Waals surface area (Å²) in [5.41, 5.74) is -0.712. The van der Waals surface area contributed by atoms with E-state index < -0.39 is 23.1 Å². The van der Waals surface area contributed by atoms with Gasteiger partial charge in [0.2, 0.25) is 0 Å². The number of amides is 1. The molecule has 1 heterocycles. The van der Waals surface area contributed by atoms with Gasteiger partial charge in [-0.05, 0) is 38.1 Å². The first-order valence-corrected chi connectivity index (χ1v) is 7.00. The second-order valence-electron chi connectivity index (χ2n) is 5.46. The maximum absolute atomic E-state index is 13.6. The van der Waals surface area contributed by atoms with E-state index >= 15 is 0 Å². The molecule has 0 aromatic heterocycles. The molecule has 1 aromatic rings. The number of ether oxygens (including phenoxy) is 1. The number of halogens is 2. The lowest BCUT2D eigenvalue weighted by Crippen LogP contribution is -2.47. The van der Waals surface area contributed by atoms with Crippen LogP contribution in [0.5, 0.6) is 0 Å². The van der Waals surface area contributed by atoms with Gasteiger partial charge >= 0.3 is 0 Å². The third-order valence-electron chi connectivity index (χ3n) is 3.93. The molecule has 1 aliphatic rings. The Morgan fingerprint density at radius 2 is 1.95 bits per heavy atom. The van der Waals surface area contributed by atoms with Crippen molar-refractivity contribution in [1.29, 1.82) is 0 Å². The van der Waals surface area contributed by atoms with Crippen molar-refractivity contribution in [2.75, 3.05) is 33.4 Å². The minimum atomic E-state index is -0.849. The van der Waals surface area contributed by atoms with E-state index in [0.29, 0.717) is 13.2 Å². The van der Waals surface area contributed by atoms with Gasteiger partial charge in [-0.15, -0.1) is 0 Å². The van der Waals surface area contributed by atoms with Crippen LogP contribution in [-0.2, 0) is 4.74 Å². The average Bonchev–Trinajstić information content (AvgIpc) is 2.46. The summed E-state index contributed by atoms with van der Waals surface area (Å²) < 4.78 is 32.4. The molecule has 116 valence electrons. The van der Waals surface area contributed by atoms with Crippen molar-refractivity contribution < 1.29 is 18.3 Å². The van der Waals surface area contributed by atoms with E-state index in [9.17, 15) is 13.6 Å². The highest BCUT2D eigenvalue weighted by atomic mass is 19.1. The zero-order chi connectivity index (χ0) is 15.3. The zero-order valence-electron chi connectivity index (χ0n) is 12.0. The van der Waals surface area contributed by atoms with Crippen molar-refractivity contribution in [3.63, 3.8) is 0 Å². The van der Waals surface area contributed by atoms with Crippen LogP contribution >= 0.6 is 0 Å². The van der Waals surface area contributed by atoms with Crippen molar-refractivity contribution >= 4 is 5.91 Å². The molecule has 0 spiro atoms. The summed E-state index contributed by atoms with van der Waals surface area (Å²) in [6.45, 7) is 2.53. The minimum Gasteiger partial charge on any atom is -0.384 e. The molecule has 0 atom stereocenters. The number of benzene rings is 1. The van der Waals surface area contributed by atoms with E-state index in [1.165, 1.54) is 6.07 Å². The van der Waals surface area contributed by atoms with Crippen molar-refractivity contribution in [3.8, 4) is 0 Å². The third kappa shape index (κ3) is 3.77. The number of piperidine rings is 1. The van der Waals surface area contributed by atoms with Crippen LogP contribution in [0, 0.1) is 17.0 Å². The molecule has 2 N–H and O–H groups in total. The van der Waals surface area contributed by atoms with Crippen LogP contribution < -0.4 is 10.6 Å². The van der Waals surface area contributed by atoms with Gasteiger partial charge in [-0.2, -0.15) is 0 Å². The maximum Gasteiger partial charge on any atom is 0.257 e. The highest BCUT2D eigenvalue weighted by molar-refractivity contribution is 5.94. The van der Waals surface area contributed by atoms with Crippen LogP contribution in [0.3, 0.4) is 0 Å². The highest BCUT2D eigenvalue weighted by Gasteiger charge is 2.33. The van der Waals surface area contributed by atoms with E-state index in [1.807, 2.05) is 0 Å². The summed E-state index contributed by atoms with van der Waals surface area (Å²) in [6, 6.07) is 3.39. The molecule has 1 saturated heterocycles. The quantitative estimate of drug-likeness (QED) is 0.870. The predicted octanol–water partition coefficient (Wildman–Crippen LogP) is 1.71.